The van der Waals surface area contributed by atoms with Crippen LogP contribution in [0.15, 0.2) is 24.3 Å². The van der Waals surface area contributed by atoms with E-state index in [-0.39, 0.29) is 6.61 Å². The van der Waals surface area contributed by atoms with Crippen molar-refractivity contribution in [1.82, 2.24) is 0 Å². The lowest BCUT2D eigenvalue weighted by Crippen LogP contribution is -2.43. The normalized spacial score (nSPS) is 23.0. The van der Waals surface area contributed by atoms with Crippen LogP contribution in [-0.2, 0) is 11.2 Å². The van der Waals surface area contributed by atoms with Crippen molar-refractivity contribution in [2.24, 2.45) is 11.3 Å². The number of carboxylic acids is 1. The van der Waals surface area contributed by atoms with Crippen LogP contribution in [-0.4, -0.2) is 17.7 Å². The van der Waals surface area contributed by atoms with Crippen LogP contribution in [0.3, 0.4) is 0 Å². The van der Waals surface area contributed by atoms with E-state index in [1.807, 2.05) is 38.1 Å². The van der Waals surface area contributed by atoms with Crippen molar-refractivity contribution in [2.75, 3.05) is 6.61 Å². The maximum Gasteiger partial charge on any atom is 0.313 e. The summed E-state index contributed by atoms with van der Waals surface area (Å²) < 4.78 is 5.62. The quantitative estimate of drug-likeness (QED) is 0.874. The Kier molecular flexibility index (Phi) is 3.09. The Balaban J connectivity index is 2.31. The molecule has 0 saturated carbocycles. The summed E-state index contributed by atoms with van der Waals surface area (Å²) in [6, 6.07) is 7.69. The molecule has 3 heteroatoms. The lowest BCUT2D eigenvalue weighted by atomic mass is 9.74. The largest absolute Gasteiger partial charge is 0.492 e. The molecule has 92 valence electrons. The smallest absolute Gasteiger partial charge is 0.313 e. The fraction of sp³-hybridized carbons (Fsp3) is 0.500. The van der Waals surface area contributed by atoms with E-state index in [1.165, 1.54) is 0 Å². The van der Waals surface area contributed by atoms with Crippen LogP contribution >= 0.6 is 0 Å². The molecule has 1 aliphatic heterocycles. The fourth-order valence-electron chi connectivity index (χ4n) is 2.56. The molecule has 0 amide bonds. The van der Waals surface area contributed by atoms with Crippen molar-refractivity contribution >= 4 is 5.97 Å². The van der Waals surface area contributed by atoms with Gasteiger partial charge in [0.05, 0.1) is 0 Å². The molecule has 1 aromatic carbocycles. The number of para-hydroxylation sites is 1. The summed E-state index contributed by atoms with van der Waals surface area (Å²) in [5.41, 5.74) is 0.240. The van der Waals surface area contributed by atoms with Gasteiger partial charge in [0, 0.05) is 0 Å². The van der Waals surface area contributed by atoms with E-state index in [9.17, 15) is 9.90 Å². The number of hydrogen-bond donors (Lipinski definition) is 1. The van der Waals surface area contributed by atoms with Gasteiger partial charge in [0.15, 0.2) is 0 Å². The van der Waals surface area contributed by atoms with Gasteiger partial charge in [0.25, 0.3) is 0 Å². The molecule has 0 spiro atoms. The molecule has 1 N–H and O–H groups in total. The SMILES string of the molecule is CC(C)CC1(C(=O)O)COc2ccccc2C1. The predicted molar refractivity (Wildman–Crippen MR) is 65.2 cm³/mol. The Morgan fingerprint density at radius 1 is 1.47 bits per heavy atom. The zero-order valence-electron chi connectivity index (χ0n) is 10.3. The van der Waals surface area contributed by atoms with Crippen LogP contribution < -0.4 is 4.74 Å². The second-order valence-electron chi connectivity index (χ2n) is 5.26. The topological polar surface area (TPSA) is 46.5 Å². The first-order chi connectivity index (χ1) is 8.03. The first-order valence-corrected chi connectivity index (χ1v) is 5.98. The second kappa shape index (κ2) is 4.40. The maximum atomic E-state index is 11.5. The lowest BCUT2D eigenvalue weighted by Gasteiger charge is -2.35. The Morgan fingerprint density at radius 3 is 2.82 bits per heavy atom. The Labute approximate surface area is 101 Å². The highest BCUT2D eigenvalue weighted by Crippen LogP contribution is 2.38. The summed E-state index contributed by atoms with van der Waals surface area (Å²) >= 11 is 0. The Bertz CT molecular complexity index is 425. The molecule has 0 aliphatic carbocycles. The number of benzene rings is 1. The van der Waals surface area contributed by atoms with Gasteiger partial charge in [0.1, 0.15) is 17.8 Å². The molecule has 0 bridgehead atoms. The number of carbonyl (C=O) groups is 1. The van der Waals surface area contributed by atoms with Crippen LogP contribution in [0.5, 0.6) is 5.75 Å². The summed E-state index contributed by atoms with van der Waals surface area (Å²) in [5, 5.41) is 9.48. The monoisotopic (exact) mass is 234 g/mol. The van der Waals surface area contributed by atoms with Crippen molar-refractivity contribution < 1.29 is 14.6 Å². The molecule has 1 unspecified atom stereocenters. The highest BCUT2D eigenvalue weighted by Gasteiger charge is 2.43. The first kappa shape index (κ1) is 12.0. The van der Waals surface area contributed by atoms with E-state index in [0.717, 1.165) is 11.3 Å². The molecule has 0 saturated heterocycles. The number of aliphatic carboxylic acids is 1. The summed E-state index contributed by atoms with van der Waals surface area (Å²) in [4.78, 5) is 11.5. The number of fused-ring (bicyclic) bond motifs is 1. The average molecular weight is 234 g/mol. The first-order valence-electron chi connectivity index (χ1n) is 5.98. The molecule has 0 fully saturated rings. The molecular formula is C14H18O3. The average Bonchev–Trinajstić information content (AvgIpc) is 2.27. The minimum absolute atomic E-state index is 0.275. The fourth-order valence-corrected chi connectivity index (χ4v) is 2.56. The van der Waals surface area contributed by atoms with Crippen LogP contribution in [0.4, 0.5) is 0 Å². The van der Waals surface area contributed by atoms with Gasteiger partial charge < -0.3 is 9.84 Å². The van der Waals surface area contributed by atoms with Crippen molar-refractivity contribution in [3.8, 4) is 5.75 Å². The molecule has 2 rings (SSSR count). The molecule has 3 nitrogen and oxygen atoms in total. The van der Waals surface area contributed by atoms with Gasteiger partial charge in [-0.15, -0.1) is 0 Å². The number of ether oxygens (including phenoxy) is 1. The third-order valence-corrected chi connectivity index (χ3v) is 3.26. The van der Waals surface area contributed by atoms with Gasteiger partial charge in [-0.2, -0.15) is 0 Å². The Morgan fingerprint density at radius 2 is 2.18 bits per heavy atom. The van der Waals surface area contributed by atoms with Gasteiger partial charge in [-0.3, -0.25) is 4.79 Å². The van der Waals surface area contributed by atoms with Crippen molar-refractivity contribution in [3.63, 3.8) is 0 Å². The third-order valence-electron chi connectivity index (χ3n) is 3.26. The number of rotatable bonds is 3. The zero-order chi connectivity index (χ0) is 12.5. The van der Waals surface area contributed by atoms with E-state index in [1.54, 1.807) is 0 Å². The maximum absolute atomic E-state index is 11.5. The summed E-state index contributed by atoms with van der Waals surface area (Å²) in [7, 11) is 0. The van der Waals surface area contributed by atoms with Crippen LogP contribution in [0.25, 0.3) is 0 Å². The van der Waals surface area contributed by atoms with Gasteiger partial charge in [-0.25, -0.2) is 0 Å². The molecule has 1 aliphatic rings. The highest BCUT2D eigenvalue weighted by molar-refractivity contribution is 5.76. The minimum atomic E-state index is -0.761. The van der Waals surface area contributed by atoms with E-state index >= 15 is 0 Å². The predicted octanol–water partition coefficient (Wildman–Crippen LogP) is 2.74. The van der Waals surface area contributed by atoms with E-state index in [2.05, 4.69) is 0 Å². The Hall–Kier alpha value is -1.51. The zero-order valence-corrected chi connectivity index (χ0v) is 10.3. The van der Waals surface area contributed by atoms with Crippen molar-refractivity contribution in [1.29, 1.82) is 0 Å². The summed E-state index contributed by atoms with van der Waals surface area (Å²) in [6.45, 7) is 4.37. The van der Waals surface area contributed by atoms with Crippen molar-refractivity contribution in [3.05, 3.63) is 29.8 Å². The van der Waals surface area contributed by atoms with Crippen LogP contribution in [0.2, 0.25) is 0 Å². The number of carboxylic acid groups (broad SMARTS) is 1. The van der Waals surface area contributed by atoms with Crippen LogP contribution in [0.1, 0.15) is 25.8 Å². The molecule has 0 aromatic heterocycles. The van der Waals surface area contributed by atoms with E-state index in [0.29, 0.717) is 18.8 Å². The van der Waals surface area contributed by atoms with Gasteiger partial charge in [-0.05, 0) is 30.4 Å². The molecule has 1 aromatic rings. The minimum Gasteiger partial charge on any atom is -0.492 e. The second-order valence-corrected chi connectivity index (χ2v) is 5.26. The van der Waals surface area contributed by atoms with E-state index < -0.39 is 11.4 Å². The van der Waals surface area contributed by atoms with Gasteiger partial charge in [-0.1, -0.05) is 32.0 Å². The summed E-state index contributed by atoms with van der Waals surface area (Å²) in [5.74, 6) is 0.425. The highest BCUT2D eigenvalue weighted by atomic mass is 16.5. The summed E-state index contributed by atoms with van der Waals surface area (Å²) in [6.07, 6.45) is 1.22. The molecule has 1 atom stereocenters. The van der Waals surface area contributed by atoms with Gasteiger partial charge >= 0.3 is 5.97 Å². The molecule has 17 heavy (non-hydrogen) atoms. The molecule has 0 radical (unpaired) electrons. The lowest BCUT2D eigenvalue weighted by molar-refractivity contribution is -0.153. The standard InChI is InChI=1S/C14H18O3/c1-10(2)7-14(13(15)16)8-11-5-3-4-6-12(11)17-9-14/h3-6,10H,7-9H2,1-2H3,(H,15,16). The van der Waals surface area contributed by atoms with E-state index in [4.69, 9.17) is 4.74 Å². The van der Waals surface area contributed by atoms with Gasteiger partial charge in [0.2, 0.25) is 0 Å². The van der Waals surface area contributed by atoms with Crippen molar-refractivity contribution in [2.45, 2.75) is 26.7 Å². The molecule has 1 heterocycles. The van der Waals surface area contributed by atoms with Crippen LogP contribution in [0, 0.1) is 11.3 Å². The molecular weight excluding hydrogens is 216 g/mol. The third kappa shape index (κ3) is 2.28. The number of hydrogen-bond acceptors (Lipinski definition) is 2.